The standard InChI is InChI=1S/C6H7N5O2/c1-13-6-4-5(7-2-8-9-4)11(3-12)10-6/h2,12H,3H2,1H3. The second-order valence-corrected chi connectivity index (χ2v) is 2.28. The van der Waals surface area contributed by atoms with Crippen LogP contribution in [0.4, 0.5) is 0 Å². The van der Waals surface area contributed by atoms with Gasteiger partial charge in [0.05, 0.1) is 7.11 Å². The van der Waals surface area contributed by atoms with Gasteiger partial charge in [-0.2, -0.15) is 0 Å². The Morgan fingerprint density at radius 2 is 2.46 bits per heavy atom. The van der Waals surface area contributed by atoms with Gasteiger partial charge in [-0.25, -0.2) is 9.67 Å². The smallest absolute Gasteiger partial charge is 0.263 e. The Balaban J connectivity index is 2.74. The van der Waals surface area contributed by atoms with E-state index in [-0.39, 0.29) is 6.73 Å². The molecule has 2 aromatic rings. The highest BCUT2D eigenvalue weighted by Crippen LogP contribution is 2.18. The molecule has 0 aromatic carbocycles. The molecule has 0 bridgehead atoms. The van der Waals surface area contributed by atoms with Crippen LogP contribution in [0.3, 0.4) is 0 Å². The van der Waals surface area contributed by atoms with Crippen LogP contribution in [0.5, 0.6) is 5.88 Å². The van der Waals surface area contributed by atoms with E-state index >= 15 is 0 Å². The van der Waals surface area contributed by atoms with Crippen LogP contribution in [-0.2, 0) is 6.73 Å². The number of fused-ring (bicyclic) bond motifs is 1. The highest BCUT2D eigenvalue weighted by atomic mass is 16.5. The van der Waals surface area contributed by atoms with E-state index in [0.717, 1.165) is 0 Å². The van der Waals surface area contributed by atoms with Gasteiger partial charge in [0, 0.05) is 0 Å². The number of aliphatic hydroxyl groups excluding tert-OH is 1. The Bertz CT molecular complexity index is 388. The van der Waals surface area contributed by atoms with E-state index in [9.17, 15) is 0 Å². The van der Waals surface area contributed by atoms with E-state index in [1.54, 1.807) is 0 Å². The van der Waals surface area contributed by atoms with Crippen LogP contribution in [0.1, 0.15) is 0 Å². The van der Waals surface area contributed by atoms with Crippen molar-refractivity contribution in [3.8, 4) is 5.88 Å². The van der Waals surface area contributed by atoms with Crippen LogP contribution in [0.2, 0.25) is 0 Å². The molecule has 0 atom stereocenters. The highest BCUT2D eigenvalue weighted by Gasteiger charge is 2.12. The van der Waals surface area contributed by atoms with E-state index < -0.39 is 0 Å². The predicted octanol–water partition coefficient (Wildman–Crippen LogP) is -0.820. The van der Waals surface area contributed by atoms with Gasteiger partial charge >= 0.3 is 0 Å². The van der Waals surface area contributed by atoms with E-state index in [0.29, 0.717) is 17.0 Å². The largest absolute Gasteiger partial charge is 0.478 e. The summed E-state index contributed by atoms with van der Waals surface area (Å²) in [5.74, 6) is 0.310. The number of aromatic nitrogens is 5. The summed E-state index contributed by atoms with van der Waals surface area (Å²) in [6.07, 6.45) is 1.29. The van der Waals surface area contributed by atoms with E-state index in [1.807, 2.05) is 0 Å². The van der Waals surface area contributed by atoms with E-state index in [2.05, 4.69) is 20.3 Å². The molecule has 0 saturated heterocycles. The van der Waals surface area contributed by atoms with Crippen molar-refractivity contribution in [3.05, 3.63) is 6.33 Å². The first-order chi connectivity index (χ1) is 6.36. The first kappa shape index (κ1) is 7.87. The number of aliphatic hydroxyl groups is 1. The lowest BCUT2D eigenvalue weighted by Crippen LogP contribution is -2.00. The summed E-state index contributed by atoms with van der Waals surface area (Å²) in [5, 5.41) is 20.2. The zero-order valence-corrected chi connectivity index (χ0v) is 6.88. The van der Waals surface area contributed by atoms with Gasteiger partial charge in [-0.15, -0.1) is 15.3 Å². The molecular weight excluding hydrogens is 174 g/mol. The molecule has 2 aromatic heterocycles. The summed E-state index contributed by atoms with van der Waals surface area (Å²) in [6, 6.07) is 0. The molecule has 7 nitrogen and oxygen atoms in total. The third kappa shape index (κ3) is 1.09. The molecule has 7 heteroatoms. The maximum absolute atomic E-state index is 8.90. The fourth-order valence-corrected chi connectivity index (χ4v) is 1.04. The minimum Gasteiger partial charge on any atom is -0.478 e. The fourth-order valence-electron chi connectivity index (χ4n) is 1.04. The average Bonchev–Trinajstić information content (AvgIpc) is 2.56. The van der Waals surface area contributed by atoms with Crippen LogP contribution in [0.25, 0.3) is 11.2 Å². The van der Waals surface area contributed by atoms with Crippen molar-refractivity contribution >= 4 is 11.2 Å². The van der Waals surface area contributed by atoms with Gasteiger partial charge in [0.2, 0.25) is 0 Å². The topological polar surface area (TPSA) is 86.0 Å². The lowest BCUT2D eigenvalue weighted by molar-refractivity contribution is 0.196. The second kappa shape index (κ2) is 2.94. The molecule has 0 unspecified atom stereocenters. The molecule has 0 radical (unpaired) electrons. The predicted molar refractivity (Wildman–Crippen MR) is 41.9 cm³/mol. The number of methoxy groups -OCH3 is 1. The maximum atomic E-state index is 8.90. The first-order valence-electron chi connectivity index (χ1n) is 3.56. The highest BCUT2D eigenvalue weighted by molar-refractivity contribution is 5.75. The minimum atomic E-state index is -0.265. The quantitative estimate of drug-likeness (QED) is 0.651. The van der Waals surface area contributed by atoms with Crippen molar-refractivity contribution in [2.45, 2.75) is 6.73 Å². The van der Waals surface area contributed by atoms with Gasteiger partial charge in [0.25, 0.3) is 5.88 Å². The van der Waals surface area contributed by atoms with E-state index in [1.165, 1.54) is 18.1 Å². The monoisotopic (exact) mass is 181 g/mol. The third-order valence-electron chi connectivity index (χ3n) is 1.59. The second-order valence-electron chi connectivity index (χ2n) is 2.28. The van der Waals surface area contributed by atoms with Crippen molar-refractivity contribution in [2.75, 3.05) is 7.11 Å². The van der Waals surface area contributed by atoms with E-state index in [4.69, 9.17) is 9.84 Å². The Kier molecular flexibility index (Phi) is 1.78. The van der Waals surface area contributed by atoms with Crippen LogP contribution in [0, 0.1) is 0 Å². The Morgan fingerprint density at radius 3 is 3.15 bits per heavy atom. The first-order valence-corrected chi connectivity index (χ1v) is 3.56. The average molecular weight is 181 g/mol. The number of ether oxygens (including phenoxy) is 1. The molecule has 13 heavy (non-hydrogen) atoms. The van der Waals surface area contributed by atoms with Crippen LogP contribution in [-0.4, -0.2) is 37.2 Å². The summed E-state index contributed by atoms with van der Waals surface area (Å²) in [6.45, 7) is -0.265. The van der Waals surface area contributed by atoms with Crippen molar-refractivity contribution in [1.29, 1.82) is 0 Å². The Hall–Kier alpha value is -1.76. The third-order valence-corrected chi connectivity index (χ3v) is 1.59. The molecule has 0 amide bonds. The zero-order valence-electron chi connectivity index (χ0n) is 6.88. The van der Waals surface area contributed by atoms with Gasteiger partial charge < -0.3 is 9.84 Å². The summed E-state index contributed by atoms with van der Waals surface area (Å²) in [4.78, 5) is 3.91. The minimum absolute atomic E-state index is 0.265. The maximum Gasteiger partial charge on any atom is 0.263 e. The fraction of sp³-hybridized carbons (Fsp3) is 0.333. The molecule has 68 valence electrons. The van der Waals surface area contributed by atoms with Crippen molar-refractivity contribution in [1.82, 2.24) is 25.0 Å². The van der Waals surface area contributed by atoms with Crippen molar-refractivity contribution in [2.24, 2.45) is 0 Å². The molecule has 2 heterocycles. The van der Waals surface area contributed by atoms with Gasteiger partial charge in [-0.1, -0.05) is 0 Å². The Morgan fingerprint density at radius 1 is 1.62 bits per heavy atom. The SMILES string of the molecule is COc1nn(CO)c2ncnnc12. The number of nitrogens with zero attached hydrogens (tertiary/aromatic N) is 5. The van der Waals surface area contributed by atoms with Crippen molar-refractivity contribution < 1.29 is 9.84 Å². The number of hydrogen-bond acceptors (Lipinski definition) is 6. The molecule has 1 N–H and O–H groups in total. The molecule has 2 rings (SSSR count). The van der Waals surface area contributed by atoms with Gasteiger partial charge in [-0.3, -0.25) is 0 Å². The lowest BCUT2D eigenvalue weighted by atomic mass is 10.5. The Labute approximate surface area is 73.0 Å². The normalized spacial score (nSPS) is 10.6. The zero-order chi connectivity index (χ0) is 9.26. The summed E-state index contributed by atoms with van der Waals surface area (Å²) in [5.41, 5.74) is 0.897. The molecule has 0 aliphatic carbocycles. The molecule has 0 saturated carbocycles. The summed E-state index contributed by atoms with van der Waals surface area (Å²) in [7, 11) is 1.47. The summed E-state index contributed by atoms with van der Waals surface area (Å²) >= 11 is 0. The molecule has 0 spiro atoms. The number of hydrogen-bond donors (Lipinski definition) is 1. The number of rotatable bonds is 2. The molecular formula is C6H7N5O2. The summed E-state index contributed by atoms with van der Waals surface area (Å²) < 4.78 is 6.20. The van der Waals surface area contributed by atoms with Gasteiger partial charge in [-0.05, 0) is 0 Å². The van der Waals surface area contributed by atoms with Crippen molar-refractivity contribution in [3.63, 3.8) is 0 Å². The molecule has 0 aliphatic heterocycles. The van der Waals surface area contributed by atoms with Crippen LogP contribution in [0.15, 0.2) is 6.33 Å². The van der Waals surface area contributed by atoms with Gasteiger partial charge in [0.15, 0.2) is 11.2 Å². The van der Waals surface area contributed by atoms with Crippen LogP contribution >= 0.6 is 0 Å². The lowest BCUT2D eigenvalue weighted by Gasteiger charge is -1.92. The van der Waals surface area contributed by atoms with Crippen LogP contribution < -0.4 is 4.74 Å². The molecule has 0 fully saturated rings. The molecule has 0 aliphatic rings. The van der Waals surface area contributed by atoms with Gasteiger partial charge in [0.1, 0.15) is 13.1 Å².